The molecule has 2 rings (SSSR count). The van der Waals surface area contributed by atoms with Gasteiger partial charge in [0, 0.05) is 18.2 Å². The van der Waals surface area contributed by atoms with Crippen LogP contribution in [-0.2, 0) is 41.6 Å². The molecule has 0 amide bonds. The molecule has 162 valence electrons. The lowest BCUT2D eigenvalue weighted by atomic mass is 9.82. The topological polar surface area (TPSA) is 96.7 Å². The SMILES string of the molecule is CCOC(=O)C(Cc1cnn(Cc2ccccc2F)c1)(C(=O)OCC)C(=O)OCC. The van der Waals surface area contributed by atoms with E-state index < -0.39 is 23.3 Å². The van der Waals surface area contributed by atoms with Crippen molar-refractivity contribution < 1.29 is 33.0 Å². The molecule has 30 heavy (non-hydrogen) atoms. The zero-order chi connectivity index (χ0) is 22.1. The number of carbonyl (C=O) groups excluding carboxylic acids is 3. The van der Waals surface area contributed by atoms with Gasteiger partial charge in [-0.2, -0.15) is 5.10 Å². The summed E-state index contributed by atoms with van der Waals surface area (Å²) >= 11 is 0. The standard InChI is InChI=1S/C21H25FN2O6/c1-4-28-18(25)21(19(26)29-5-2,20(27)30-6-3)11-15-12-23-24(13-15)14-16-9-7-8-10-17(16)22/h7-10,12-13H,4-6,11,14H2,1-3H3. The highest BCUT2D eigenvalue weighted by Gasteiger charge is 2.57. The van der Waals surface area contributed by atoms with Gasteiger partial charge in [-0.15, -0.1) is 0 Å². The van der Waals surface area contributed by atoms with Crippen molar-refractivity contribution in [1.29, 1.82) is 0 Å². The van der Waals surface area contributed by atoms with Gasteiger partial charge < -0.3 is 14.2 Å². The van der Waals surface area contributed by atoms with Crippen LogP contribution in [0, 0.1) is 11.2 Å². The van der Waals surface area contributed by atoms with Crippen molar-refractivity contribution in [1.82, 2.24) is 9.78 Å². The first-order valence-corrected chi connectivity index (χ1v) is 9.65. The fraction of sp³-hybridized carbons (Fsp3) is 0.429. The molecule has 9 heteroatoms. The third-order valence-electron chi connectivity index (χ3n) is 4.32. The van der Waals surface area contributed by atoms with Gasteiger partial charge in [-0.05, 0) is 32.4 Å². The fourth-order valence-corrected chi connectivity index (χ4v) is 2.92. The van der Waals surface area contributed by atoms with Gasteiger partial charge in [0.15, 0.2) is 0 Å². The average Bonchev–Trinajstić information content (AvgIpc) is 3.15. The van der Waals surface area contributed by atoms with E-state index >= 15 is 0 Å². The minimum absolute atomic E-state index is 0.0358. The van der Waals surface area contributed by atoms with E-state index in [2.05, 4.69) is 5.10 Å². The van der Waals surface area contributed by atoms with Crippen LogP contribution in [0.15, 0.2) is 36.7 Å². The van der Waals surface area contributed by atoms with Crippen LogP contribution in [0.1, 0.15) is 31.9 Å². The van der Waals surface area contributed by atoms with Crippen molar-refractivity contribution in [3.63, 3.8) is 0 Å². The van der Waals surface area contributed by atoms with Gasteiger partial charge in [-0.3, -0.25) is 19.1 Å². The first-order chi connectivity index (χ1) is 14.4. The van der Waals surface area contributed by atoms with Crippen LogP contribution < -0.4 is 0 Å². The van der Waals surface area contributed by atoms with E-state index in [1.165, 1.54) is 23.1 Å². The number of carbonyl (C=O) groups is 3. The molecular formula is C21H25FN2O6. The van der Waals surface area contributed by atoms with Gasteiger partial charge in [0.1, 0.15) is 5.82 Å². The summed E-state index contributed by atoms with van der Waals surface area (Å²) in [6, 6.07) is 6.25. The Morgan fingerprint density at radius 3 is 2.00 bits per heavy atom. The zero-order valence-corrected chi connectivity index (χ0v) is 17.2. The van der Waals surface area contributed by atoms with Crippen LogP contribution >= 0.6 is 0 Å². The van der Waals surface area contributed by atoms with E-state index in [0.717, 1.165) is 0 Å². The lowest BCUT2D eigenvalue weighted by Crippen LogP contribution is -2.51. The van der Waals surface area contributed by atoms with Crippen LogP contribution in [-0.4, -0.2) is 47.5 Å². The van der Waals surface area contributed by atoms with Gasteiger partial charge in [0.2, 0.25) is 0 Å². The highest BCUT2D eigenvalue weighted by molar-refractivity contribution is 6.18. The minimum Gasteiger partial charge on any atom is -0.465 e. The van der Waals surface area contributed by atoms with Gasteiger partial charge in [0.05, 0.1) is 32.6 Å². The third kappa shape index (κ3) is 5.03. The van der Waals surface area contributed by atoms with E-state index in [0.29, 0.717) is 11.1 Å². The molecule has 0 bridgehead atoms. The number of esters is 3. The smallest absolute Gasteiger partial charge is 0.335 e. The maximum absolute atomic E-state index is 13.9. The molecule has 1 heterocycles. The van der Waals surface area contributed by atoms with Crippen molar-refractivity contribution in [2.75, 3.05) is 19.8 Å². The molecule has 0 saturated carbocycles. The predicted molar refractivity (Wildman–Crippen MR) is 104 cm³/mol. The van der Waals surface area contributed by atoms with Crippen LogP contribution in [0.25, 0.3) is 0 Å². The highest BCUT2D eigenvalue weighted by atomic mass is 19.1. The van der Waals surface area contributed by atoms with E-state index in [9.17, 15) is 18.8 Å². The fourth-order valence-electron chi connectivity index (χ4n) is 2.92. The van der Waals surface area contributed by atoms with Crippen LogP contribution in [0.3, 0.4) is 0 Å². The Kier molecular flexibility index (Phi) is 8.08. The Labute approximate surface area is 173 Å². The normalized spacial score (nSPS) is 11.1. The lowest BCUT2D eigenvalue weighted by Gasteiger charge is -2.26. The molecule has 0 fully saturated rings. The van der Waals surface area contributed by atoms with Crippen LogP contribution in [0.5, 0.6) is 0 Å². The Morgan fingerprint density at radius 2 is 1.50 bits per heavy atom. The first kappa shape index (κ1) is 23.1. The van der Waals surface area contributed by atoms with E-state index in [-0.39, 0.29) is 38.6 Å². The molecule has 0 aliphatic heterocycles. The molecule has 2 aromatic rings. The second-order valence-electron chi connectivity index (χ2n) is 6.38. The monoisotopic (exact) mass is 420 g/mol. The van der Waals surface area contributed by atoms with E-state index in [4.69, 9.17) is 14.2 Å². The number of rotatable bonds is 10. The Morgan fingerprint density at radius 1 is 0.967 bits per heavy atom. The molecule has 0 aliphatic rings. The summed E-state index contributed by atoms with van der Waals surface area (Å²) in [5.41, 5.74) is -1.51. The van der Waals surface area contributed by atoms with Crippen LogP contribution in [0.2, 0.25) is 0 Å². The molecule has 8 nitrogen and oxygen atoms in total. The van der Waals surface area contributed by atoms with Crippen molar-refractivity contribution in [2.45, 2.75) is 33.7 Å². The second-order valence-corrected chi connectivity index (χ2v) is 6.38. The van der Waals surface area contributed by atoms with E-state index in [1.807, 2.05) is 0 Å². The summed E-state index contributed by atoms with van der Waals surface area (Å²) < 4.78 is 30.4. The maximum atomic E-state index is 13.9. The summed E-state index contributed by atoms with van der Waals surface area (Å²) in [5.74, 6) is -3.54. The summed E-state index contributed by atoms with van der Waals surface area (Å²) in [6.07, 6.45) is 2.56. The maximum Gasteiger partial charge on any atom is 0.335 e. The quantitative estimate of drug-likeness (QED) is 0.330. The molecule has 0 radical (unpaired) electrons. The second kappa shape index (κ2) is 10.5. The molecular weight excluding hydrogens is 395 g/mol. The van der Waals surface area contributed by atoms with Gasteiger partial charge in [-0.25, -0.2) is 4.39 Å². The number of hydrogen-bond donors (Lipinski definition) is 0. The molecule has 0 aliphatic carbocycles. The number of nitrogens with zero attached hydrogens (tertiary/aromatic N) is 2. The predicted octanol–water partition coefficient (Wildman–Crippen LogP) is 2.29. The number of halogens is 1. The number of ether oxygens (including phenoxy) is 3. The summed E-state index contributed by atoms with van der Waals surface area (Å²) in [6.45, 7) is 4.71. The Hall–Kier alpha value is -3.23. The number of aromatic nitrogens is 2. The average molecular weight is 420 g/mol. The first-order valence-electron chi connectivity index (χ1n) is 9.65. The van der Waals surface area contributed by atoms with Crippen molar-refractivity contribution in [3.8, 4) is 0 Å². The van der Waals surface area contributed by atoms with E-state index in [1.54, 1.807) is 39.0 Å². The molecule has 0 atom stereocenters. The summed E-state index contributed by atoms with van der Waals surface area (Å²) in [5, 5.41) is 4.15. The molecule has 1 aromatic heterocycles. The Bertz CT molecular complexity index is 850. The molecule has 0 unspecified atom stereocenters. The summed E-state index contributed by atoms with van der Waals surface area (Å²) in [4.78, 5) is 38.2. The number of benzene rings is 1. The van der Waals surface area contributed by atoms with Gasteiger partial charge in [0.25, 0.3) is 5.41 Å². The number of hydrogen-bond acceptors (Lipinski definition) is 7. The van der Waals surface area contributed by atoms with Crippen molar-refractivity contribution in [2.24, 2.45) is 5.41 Å². The molecule has 0 saturated heterocycles. The van der Waals surface area contributed by atoms with Gasteiger partial charge >= 0.3 is 17.9 Å². The molecule has 0 N–H and O–H groups in total. The highest BCUT2D eigenvalue weighted by Crippen LogP contribution is 2.29. The molecule has 1 aromatic carbocycles. The van der Waals surface area contributed by atoms with Gasteiger partial charge in [-0.1, -0.05) is 18.2 Å². The minimum atomic E-state index is -2.31. The largest absolute Gasteiger partial charge is 0.465 e. The van der Waals surface area contributed by atoms with Crippen LogP contribution in [0.4, 0.5) is 4.39 Å². The zero-order valence-electron chi connectivity index (χ0n) is 17.2. The Balaban J connectivity index is 2.38. The molecule has 0 spiro atoms. The van der Waals surface area contributed by atoms with Crippen molar-refractivity contribution >= 4 is 17.9 Å². The summed E-state index contributed by atoms with van der Waals surface area (Å²) in [7, 11) is 0. The van der Waals surface area contributed by atoms with Crippen molar-refractivity contribution in [3.05, 3.63) is 53.6 Å². The third-order valence-corrected chi connectivity index (χ3v) is 4.32. The lowest BCUT2D eigenvalue weighted by molar-refractivity contribution is -0.183.